The molecule has 8 nitrogen and oxygen atoms in total. The maximum absolute atomic E-state index is 12.2. The third-order valence-electron chi connectivity index (χ3n) is 2.77. The lowest BCUT2D eigenvalue weighted by molar-refractivity contribution is -0.384. The third kappa shape index (κ3) is 2.74. The van der Waals surface area contributed by atoms with E-state index in [9.17, 15) is 14.9 Å². The fraction of sp³-hybridized carbons (Fsp3) is 0.167. The highest BCUT2D eigenvalue weighted by atomic mass is 16.6. The van der Waals surface area contributed by atoms with Crippen molar-refractivity contribution in [2.75, 3.05) is 12.8 Å². The number of nitro benzene ring substituents is 1. The van der Waals surface area contributed by atoms with Crippen molar-refractivity contribution < 1.29 is 9.72 Å². The maximum atomic E-state index is 12.2. The van der Waals surface area contributed by atoms with Crippen LogP contribution < -0.4 is 5.73 Å². The normalized spacial score (nSPS) is 10.2. The van der Waals surface area contributed by atoms with E-state index in [4.69, 9.17) is 5.73 Å². The second kappa shape index (κ2) is 5.39. The number of aromatic amines is 1. The number of imidazole rings is 1. The summed E-state index contributed by atoms with van der Waals surface area (Å²) in [6, 6.07) is 3.79. The number of rotatable bonds is 4. The monoisotopic (exact) mass is 275 g/mol. The Labute approximate surface area is 114 Å². The molecule has 8 heteroatoms. The molecule has 2 aromatic rings. The first-order valence-electron chi connectivity index (χ1n) is 5.76. The Morgan fingerprint density at radius 1 is 1.55 bits per heavy atom. The molecule has 0 fully saturated rings. The molecule has 0 bridgehead atoms. The first-order chi connectivity index (χ1) is 9.49. The van der Waals surface area contributed by atoms with E-state index in [0.29, 0.717) is 5.82 Å². The van der Waals surface area contributed by atoms with Crippen LogP contribution in [0.2, 0.25) is 0 Å². The zero-order valence-corrected chi connectivity index (χ0v) is 10.7. The molecule has 20 heavy (non-hydrogen) atoms. The maximum Gasteiger partial charge on any atom is 0.270 e. The van der Waals surface area contributed by atoms with E-state index in [2.05, 4.69) is 9.97 Å². The van der Waals surface area contributed by atoms with Gasteiger partial charge in [-0.1, -0.05) is 0 Å². The minimum Gasteiger partial charge on any atom is -0.398 e. The van der Waals surface area contributed by atoms with Crippen molar-refractivity contribution in [3.8, 4) is 0 Å². The van der Waals surface area contributed by atoms with Crippen LogP contribution in [0.25, 0.3) is 0 Å². The standard InChI is InChI=1S/C12H13N5O3/c1-16(7-11-14-4-5-15-11)12(18)9-6-8(17(19)20)2-3-10(9)13/h2-6H,7,13H2,1H3,(H,14,15). The number of carbonyl (C=O) groups excluding carboxylic acids is 1. The van der Waals surface area contributed by atoms with Crippen molar-refractivity contribution in [2.45, 2.75) is 6.54 Å². The number of carbonyl (C=O) groups is 1. The first kappa shape index (κ1) is 13.5. The minimum atomic E-state index is -0.567. The number of benzene rings is 1. The van der Waals surface area contributed by atoms with E-state index in [1.54, 1.807) is 19.4 Å². The van der Waals surface area contributed by atoms with Crippen LogP contribution in [-0.2, 0) is 6.54 Å². The summed E-state index contributed by atoms with van der Waals surface area (Å²) < 4.78 is 0. The quantitative estimate of drug-likeness (QED) is 0.493. The van der Waals surface area contributed by atoms with Gasteiger partial charge < -0.3 is 15.6 Å². The molecule has 0 radical (unpaired) electrons. The molecule has 0 saturated heterocycles. The molecule has 0 aliphatic rings. The minimum absolute atomic E-state index is 0.105. The number of hydrogen-bond donors (Lipinski definition) is 2. The Morgan fingerprint density at radius 2 is 2.30 bits per heavy atom. The van der Waals surface area contributed by atoms with Gasteiger partial charge in [0.25, 0.3) is 11.6 Å². The number of H-pyrrole nitrogens is 1. The molecule has 104 valence electrons. The Kier molecular flexibility index (Phi) is 3.65. The van der Waals surface area contributed by atoms with Crippen LogP contribution >= 0.6 is 0 Å². The molecule has 0 saturated carbocycles. The molecule has 0 aliphatic heterocycles. The molecular weight excluding hydrogens is 262 g/mol. The van der Waals surface area contributed by atoms with Gasteiger partial charge in [-0.2, -0.15) is 0 Å². The predicted octanol–water partition coefficient (Wildman–Crippen LogP) is 1.17. The average Bonchev–Trinajstić information content (AvgIpc) is 2.91. The highest BCUT2D eigenvalue weighted by Gasteiger charge is 2.19. The number of anilines is 1. The second-order valence-electron chi connectivity index (χ2n) is 4.23. The van der Waals surface area contributed by atoms with Crippen LogP contribution in [0.4, 0.5) is 11.4 Å². The van der Waals surface area contributed by atoms with E-state index in [-0.39, 0.29) is 23.5 Å². The number of nitro groups is 1. The number of hydrogen-bond acceptors (Lipinski definition) is 5. The van der Waals surface area contributed by atoms with E-state index in [1.165, 1.54) is 23.1 Å². The zero-order valence-electron chi connectivity index (χ0n) is 10.7. The number of nitrogens with one attached hydrogen (secondary N) is 1. The van der Waals surface area contributed by atoms with E-state index in [1.807, 2.05) is 0 Å². The van der Waals surface area contributed by atoms with Gasteiger partial charge in [0.05, 0.1) is 17.0 Å². The lowest BCUT2D eigenvalue weighted by Gasteiger charge is -2.16. The Hall–Kier alpha value is -2.90. The summed E-state index contributed by atoms with van der Waals surface area (Å²) in [5.41, 5.74) is 5.84. The molecular formula is C12H13N5O3. The van der Waals surface area contributed by atoms with Crippen molar-refractivity contribution >= 4 is 17.3 Å². The van der Waals surface area contributed by atoms with Crippen molar-refractivity contribution in [1.29, 1.82) is 0 Å². The van der Waals surface area contributed by atoms with Gasteiger partial charge in [-0.3, -0.25) is 14.9 Å². The van der Waals surface area contributed by atoms with E-state index < -0.39 is 10.8 Å². The highest BCUT2D eigenvalue weighted by Crippen LogP contribution is 2.21. The van der Waals surface area contributed by atoms with Gasteiger partial charge in [0.2, 0.25) is 0 Å². The average molecular weight is 275 g/mol. The summed E-state index contributed by atoms with van der Waals surface area (Å²) in [6.45, 7) is 0.258. The fourth-order valence-corrected chi connectivity index (χ4v) is 1.73. The molecule has 1 heterocycles. The van der Waals surface area contributed by atoms with Crippen LogP contribution in [0.5, 0.6) is 0 Å². The van der Waals surface area contributed by atoms with Gasteiger partial charge in [-0.15, -0.1) is 0 Å². The number of nitrogens with zero attached hydrogens (tertiary/aromatic N) is 3. The molecule has 0 unspecified atom stereocenters. The molecule has 2 rings (SSSR count). The Bertz CT molecular complexity index is 639. The van der Waals surface area contributed by atoms with E-state index in [0.717, 1.165) is 0 Å². The Balaban J connectivity index is 2.23. The molecule has 1 aromatic heterocycles. The van der Waals surface area contributed by atoms with Crippen LogP contribution in [-0.4, -0.2) is 32.7 Å². The zero-order chi connectivity index (χ0) is 14.7. The lowest BCUT2D eigenvalue weighted by Crippen LogP contribution is -2.27. The number of non-ortho nitro benzene ring substituents is 1. The molecule has 3 N–H and O–H groups in total. The van der Waals surface area contributed by atoms with Gasteiger partial charge in [0.15, 0.2) is 0 Å². The van der Waals surface area contributed by atoms with Crippen molar-refractivity contribution in [2.24, 2.45) is 0 Å². The summed E-state index contributed by atoms with van der Waals surface area (Å²) in [5, 5.41) is 10.7. The van der Waals surface area contributed by atoms with Gasteiger partial charge in [-0.05, 0) is 6.07 Å². The van der Waals surface area contributed by atoms with Gasteiger partial charge in [0, 0.05) is 37.3 Å². The number of nitrogens with two attached hydrogens (primary N) is 1. The number of amides is 1. The largest absolute Gasteiger partial charge is 0.398 e. The topological polar surface area (TPSA) is 118 Å². The predicted molar refractivity (Wildman–Crippen MR) is 71.9 cm³/mol. The molecule has 1 aromatic carbocycles. The van der Waals surface area contributed by atoms with Crippen molar-refractivity contribution in [3.05, 3.63) is 52.1 Å². The number of aromatic nitrogens is 2. The smallest absolute Gasteiger partial charge is 0.270 e. The van der Waals surface area contributed by atoms with Crippen LogP contribution in [0.15, 0.2) is 30.6 Å². The summed E-state index contributed by atoms with van der Waals surface area (Å²) >= 11 is 0. The molecule has 0 spiro atoms. The van der Waals surface area contributed by atoms with Gasteiger partial charge in [0.1, 0.15) is 5.82 Å². The third-order valence-corrected chi connectivity index (χ3v) is 2.77. The lowest BCUT2D eigenvalue weighted by atomic mass is 10.1. The molecule has 0 atom stereocenters. The van der Waals surface area contributed by atoms with Crippen molar-refractivity contribution in [3.63, 3.8) is 0 Å². The fourth-order valence-electron chi connectivity index (χ4n) is 1.73. The van der Waals surface area contributed by atoms with Crippen molar-refractivity contribution in [1.82, 2.24) is 14.9 Å². The number of nitrogen functional groups attached to an aromatic ring is 1. The van der Waals surface area contributed by atoms with Gasteiger partial charge >= 0.3 is 0 Å². The van der Waals surface area contributed by atoms with Crippen LogP contribution in [0.3, 0.4) is 0 Å². The summed E-state index contributed by atoms with van der Waals surface area (Å²) in [4.78, 5) is 30.7. The van der Waals surface area contributed by atoms with Gasteiger partial charge in [-0.25, -0.2) is 4.98 Å². The SMILES string of the molecule is CN(Cc1ncc[nH]1)C(=O)c1cc([N+](=O)[O-])ccc1N. The first-order valence-corrected chi connectivity index (χ1v) is 5.76. The highest BCUT2D eigenvalue weighted by molar-refractivity contribution is 5.99. The van der Waals surface area contributed by atoms with Crippen LogP contribution in [0, 0.1) is 10.1 Å². The molecule has 1 amide bonds. The molecule has 0 aliphatic carbocycles. The van der Waals surface area contributed by atoms with E-state index >= 15 is 0 Å². The summed E-state index contributed by atoms with van der Waals surface area (Å²) in [7, 11) is 1.57. The van der Waals surface area contributed by atoms with Crippen LogP contribution in [0.1, 0.15) is 16.2 Å². The summed E-state index contributed by atoms with van der Waals surface area (Å²) in [6.07, 6.45) is 3.23. The second-order valence-corrected chi connectivity index (χ2v) is 4.23. The summed E-state index contributed by atoms with van der Waals surface area (Å²) in [5.74, 6) is 0.215. The Morgan fingerprint density at radius 3 is 2.90 bits per heavy atom.